The minimum Gasteiger partial charge on any atom is -0.487 e. The number of carboxylic acids is 1. The van der Waals surface area contributed by atoms with Crippen molar-refractivity contribution in [1.82, 2.24) is 19.5 Å². The van der Waals surface area contributed by atoms with Crippen LogP contribution in [0.1, 0.15) is 24.8 Å². The first kappa shape index (κ1) is 27.7. The summed E-state index contributed by atoms with van der Waals surface area (Å²) >= 11 is 0. The summed E-state index contributed by atoms with van der Waals surface area (Å²) in [6, 6.07) is 6.19. The molecule has 206 valence electrons. The largest absolute Gasteiger partial charge is 0.487 e. The summed E-state index contributed by atoms with van der Waals surface area (Å²) in [6.07, 6.45) is 4.26. The third-order valence-corrected chi connectivity index (χ3v) is 5.83. The fourth-order valence-corrected chi connectivity index (χ4v) is 3.83. The number of pyridine rings is 2. The number of aliphatic carboxylic acids is 1. The topological polar surface area (TPSA) is 197 Å². The summed E-state index contributed by atoms with van der Waals surface area (Å²) < 4.78 is 23.5. The molecule has 1 aliphatic rings. The van der Waals surface area contributed by atoms with Gasteiger partial charge in [-0.1, -0.05) is 0 Å². The van der Waals surface area contributed by atoms with Crippen LogP contribution < -0.4 is 15.8 Å². The first-order valence-electron chi connectivity index (χ1n) is 12.4. The molecule has 14 nitrogen and oxygen atoms in total. The van der Waals surface area contributed by atoms with E-state index in [1.807, 2.05) is 0 Å². The molecule has 3 aromatic heterocycles. The van der Waals surface area contributed by atoms with Crippen LogP contribution in [-0.2, 0) is 23.8 Å². The number of nitrogens with zero attached hydrogens (tertiary/aromatic N) is 5. The van der Waals surface area contributed by atoms with Crippen LogP contribution in [0.5, 0.6) is 5.75 Å². The van der Waals surface area contributed by atoms with Crippen molar-refractivity contribution in [3.05, 3.63) is 36.3 Å². The number of nitrogens with two attached hydrogens (primary N) is 1. The summed E-state index contributed by atoms with van der Waals surface area (Å²) in [4.78, 5) is 35.8. The Balaban J connectivity index is 1.38. The van der Waals surface area contributed by atoms with Crippen LogP contribution in [0.4, 0.5) is 5.82 Å². The number of carbonyl (C=O) groups is 2. The average Bonchev–Trinajstić information content (AvgIpc) is 3.35. The van der Waals surface area contributed by atoms with E-state index >= 15 is 0 Å². The Morgan fingerprint density at radius 3 is 2.74 bits per heavy atom. The Morgan fingerprint density at radius 2 is 2.03 bits per heavy atom. The van der Waals surface area contributed by atoms with Gasteiger partial charge in [0.25, 0.3) is 0 Å². The number of fused-ring (bicyclic) bond motifs is 1. The standard InChI is InChI=1S/C25H29N7O7/c26-13-16-1-2-21(28-14-16)32-15-29-19-12-20(23(31-24(19)32)30-17-3-5-36-6-4-17)38-9-7-37-8-10-39-25(35)18(27)11-22(33)34/h1-2,12,14-15,17-18H,3-11,27H2,(H,30,31)(H,33,34)/t18-/m0/s1. The number of anilines is 1. The lowest BCUT2D eigenvalue weighted by molar-refractivity contribution is -0.150. The molecule has 4 heterocycles. The maximum absolute atomic E-state index is 11.6. The van der Waals surface area contributed by atoms with Gasteiger partial charge in [-0.3, -0.25) is 14.2 Å². The Morgan fingerprint density at radius 1 is 1.23 bits per heavy atom. The Hall–Kier alpha value is -4.32. The zero-order chi connectivity index (χ0) is 27.6. The second-order valence-corrected chi connectivity index (χ2v) is 8.67. The van der Waals surface area contributed by atoms with Crippen LogP contribution in [0.3, 0.4) is 0 Å². The van der Waals surface area contributed by atoms with Crippen LogP contribution in [0.2, 0.25) is 0 Å². The summed E-state index contributed by atoms with van der Waals surface area (Å²) in [5, 5.41) is 21.2. The molecule has 0 unspecified atom stereocenters. The van der Waals surface area contributed by atoms with E-state index in [2.05, 4.69) is 21.4 Å². The van der Waals surface area contributed by atoms with Crippen molar-refractivity contribution in [1.29, 1.82) is 5.26 Å². The number of imidazole rings is 1. The quantitative estimate of drug-likeness (QED) is 0.206. The zero-order valence-electron chi connectivity index (χ0n) is 21.1. The zero-order valence-corrected chi connectivity index (χ0v) is 21.1. The number of nitriles is 1. The molecule has 1 atom stereocenters. The highest BCUT2D eigenvalue weighted by Crippen LogP contribution is 2.29. The summed E-state index contributed by atoms with van der Waals surface area (Å²) in [5.74, 6) is -0.347. The molecule has 3 aromatic rings. The van der Waals surface area contributed by atoms with Gasteiger partial charge in [0, 0.05) is 31.5 Å². The fourth-order valence-electron chi connectivity index (χ4n) is 3.83. The van der Waals surface area contributed by atoms with Crippen LogP contribution in [-0.4, -0.2) is 88.3 Å². The van der Waals surface area contributed by atoms with Gasteiger partial charge in [0.15, 0.2) is 17.2 Å². The van der Waals surface area contributed by atoms with Gasteiger partial charge in [-0.05, 0) is 25.0 Å². The van der Waals surface area contributed by atoms with E-state index in [0.29, 0.717) is 47.3 Å². The number of hydrogen-bond acceptors (Lipinski definition) is 12. The number of ether oxygens (including phenoxy) is 4. The van der Waals surface area contributed by atoms with E-state index in [-0.39, 0.29) is 32.5 Å². The SMILES string of the molecule is N#Cc1ccc(-n2cnc3cc(OCCOCCOC(=O)[C@@H](N)CC(=O)O)c(NC4CCOCC4)nc32)nc1. The van der Waals surface area contributed by atoms with Gasteiger partial charge in [-0.2, -0.15) is 5.26 Å². The molecule has 1 aliphatic heterocycles. The molecule has 0 aliphatic carbocycles. The fraction of sp³-hybridized carbons (Fsp3) is 0.440. The van der Waals surface area contributed by atoms with Gasteiger partial charge in [-0.25, -0.2) is 15.0 Å². The Kier molecular flexibility index (Phi) is 9.57. The molecule has 4 N–H and O–H groups in total. The molecular formula is C25H29N7O7. The number of esters is 1. The highest BCUT2D eigenvalue weighted by Gasteiger charge is 2.20. The van der Waals surface area contributed by atoms with Gasteiger partial charge in [-0.15, -0.1) is 0 Å². The van der Waals surface area contributed by atoms with E-state index in [1.54, 1.807) is 29.1 Å². The van der Waals surface area contributed by atoms with Crippen molar-refractivity contribution in [3.63, 3.8) is 0 Å². The van der Waals surface area contributed by atoms with E-state index in [1.165, 1.54) is 6.20 Å². The predicted molar refractivity (Wildman–Crippen MR) is 136 cm³/mol. The second kappa shape index (κ2) is 13.5. The van der Waals surface area contributed by atoms with E-state index in [0.717, 1.165) is 12.8 Å². The molecular weight excluding hydrogens is 510 g/mol. The smallest absolute Gasteiger partial charge is 0.323 e. The molecule has 0 aromatic carbocycles. The average molecular weight is 540 g/mol. The monoisotopic (exact) mass is 539 g/mol. The molecule has 0 saturated carbocycles. The second-order valence-electron chi connectivity index (χ2n) is 8.67. The molecule has 1 fully saturated rings. The maximum atomic E-state index is 11.6. The van der Waals surface area contributed by atoms with Gasteiger partial charge in [0.1, 0.15) is 43.0 Å². The van der Waals surface area contributed by atoms with Crippen molar-refractivity contribution >= 4 is 28.9 Å². The first-order valence-corrected chi connectivity index (χ1v) is 12.4. The molecule has 0 radical (unpaired) electrons. The number of rotatable bonds is 13. The lowest BCUT2D eigenvalue weighted by Gasteiger charge is -2.24. The molecule has 4 rings (SSSR count). The summed E-state index contributed by atoms with van der Waals surface area (Å²) in [7, 11) is 0. The lowest BCUT2D eigenvalue weighted by Crippen LogP contribution is -2.35. The highest BCUT2D eigenvalue weighted by atomic mass is 16.6. The number of aromatic nitrogens is 4. The Bertz CT molecular complexity index is 1320. The summed E-state index contributed by atoms with van der Waals surface area (Å²) in [6.45, 7) is 1.75. The molecule has 39 heavy (non-hydrogen) atoms. The number of carbonyl (C=O) groups excluding carboxylic acids is 1. The number of hydrogen-bond donors (Lipinski definition) is 3. The van der Waals surface area contributed by atoms with Crippen LogP contribution in [0.25, 0.3) is 17.0 Å². The van der Waals surface area contributed by atoms with Crippen molar-refractivity contribution in [2.75, 3.05) is 45.0 Å². The van der Waals surface area contributed by atoms with Gasteiger partial charge < -0.3 is 35.1 Å². The van der Waals surface area contributed by atoms with Crippen molar-refractivity contribution in [2.45, 2.75) is 31.3 Å². The van der Waals surface area contributed by atoms with E-state index in [4.69, 9.17) is 40.0 Å². The van der Waals surface area contributed by atoms with Gasteiger partial charge in [0.2, 0.25) is 0 Å². The van der Waals surface area contributed by atoms with Crippen LogP contribution >= 0.6 is 0 Å². The first-order chi connectivity index (χ1) is 18.9. The third kappa shape index (κ3) is 7.60. The molecule has 0 amide bonds. The normalized spacial score (nSPS) is 14.5. The highest BCUT2D eigenvalue weighted by molar-refractivity contribution is 5.81. The van der Waals surface area contributed by atoms with Crippen LogP contribution in [0, 0.1) is 11.3 Å². The minimum absolute atomic E-state index is 0.0585. The molecule has 0 bridgehead atoms. The molecule has 1 saturated heterocycles. The Labute approximate surface area is 223 Å². The number of nitrogens with one attached hydrogen (secondary N) is 1. The van der Waals surface area contributed by atoms with Gasteiger partial charge in [0.05, 0.1) is 25.2 Å². The molecule has 0 spiro atoms. The predicted octanol–water partition coefficient (Wildman–Crippen LogP) is 1.02. The van der Waals surface area contributed by atoms with Crippen molar-refractivity contribution < 1.29 is 33.6 Å². The van der Waals surface area contributed by atoms with Gasteiger partial charge >= 0.3 is 11.9 Å². The van der Waals surface area contributed by atoms with E-state index in [9.17, 15) is 9.59 Å². The minimum atomic E-state index is -1.22. The lowest BCUT2D eigenvalue weighted by atomic mass is 10.1. The third-order valence-electron chi connectivity index (χ3n) is 5.83. The summed E-state index contributed by atoms with van der Waals surface area (Å²) in [5.41, 5.74) is 7.08. The van der Waals surface area contributed by atoms with Crippen molar-refractivity contribution in [3.8, 4) is 17.6 Å². The van der Waals surface area contributed by atoms with Crippen molar-refractivity contribution in [2.24, 2.45) is 5.73 Å². The molecule has 14 heteroatoms. The maximum Gasteiger partial charge on any atom is 0.323 e. The number of carboxylic acid groups (broad SMARTS) is 1. The van der Waals surface area contributed by atoms with Crippen LogP contribution in [0.15, 0.2) is 30.7 Å². The van der Waals surface area contributed by atoms with E-state index < -0.39 is 24.4 Å².